The summed E-state index contributed by atoms with van der Waals surface area (Å²) >= 11 is 1.46. The number of rotatable bonds is 4. The van der Waals surface area contributed by atoms with E-state index >= 15 is 0 Å². The number of nitrogens with one attached hydrogen (secondary N) is 1. The molecule has 0 atom stereocenters. The molecule has 0 aliphatic heterocycles. The molecule has 1 N–H and O–H groups in total. The van der Waals surface area contributed by atoms with Gasteiger partial charge in [0.2, 0.25) is 5.91 Å². The van der Waals surface area contributed by atoms with E-state index in [2.05, 4.69) is 17.4 Å². The van der Waals surface area contributed by atoms with Crippen LogP contribution in [0, 0.1) is 5.92 Å². The first-order valence-corrected chi connectivity index (χ1v) is 8.56. The predicted octanol–water partition coefficient (Wildman–Crippen LogP) is 4.09. The Bertz CT molecular complexity index is 777. The van der Waals surface area contributed by atoms with Crippen LogP contribution in [0.3, 0.4) is 0 Å². The highest BCUT2D eigenvalue weighted by atomic mass is 32.1. The summed E-state index contributed by atoms with van der Waals surface area (Å²) in [5.41, 5.74) is 3.83. The van der Waals surface area contributed by atoms with Crippen molar-refractivity contribution in [3.05, 3.63) is 41.0 Å². The first-order valence-electron chi connectivity index (χ1n) is 7.74. The van der Waals surface area contributed by atoms with Gasteiger partial charge in [0.15, 0.2) is 0 Å². The van der Waals surface area contributed by atoms with Crippen molar-refractivity contribution in [3.8, 4) is 10.4 Å². The molecule has 0 spiro atoms. The van der Waals surface area contributed by atoms with Crippen molar-refractivity contribution >= 4 is 28.2 Å². The molecule has 1 heterocycles. The highest BCUT2D eigenvalue weighted by molar-refractivity contribution is 7.20. The highest BCUT2D eigenvalue weighted by Gasteiger charge is 2.31. The van der Waals surface area contributed by atoms with Gasteiger partial charge >= 0.3 is 5.97 Å². The van der Waals surface area contributed by atoms with E-state index in [1.807, 2.05) is 26.0 Å². The average molecular weight is 329 g/mol. The van der Waals surface area contributed by atoms with Gasteiger partial charge in [0.05, 0.1) is 12.2 Å². The van der Waals surface area contributed by atoms with Crippen molar-refractivity contribution < 1.29 is 14.3 Å². The van der Waals surface area contributed by atoms with Gasteiger partial charge in [0.25, 0.3) is 0 Å². The summed E-state index contributed by atoms with van der Waals surface area (Å²) in [6, 6.07) is 8.12. The first-order chi connectivity index (χ1) is 11.0. The lowest BCUT2D eigenvalue weighted by Gasteiger charge is -2.09. The van der Waals surface area contributed by atoms with E-state index in [1.54, 1.807) is 6.92 Å². The Hall–Kier alpha value is -2.14. The maximum atomic E-state index is 12.4. The Balaban J connectivity index is 2.07. The second kappa shape index (κ2) is 6.16. The number of carbonyl (C=O) groups is 2. The number of carbonyl (C=O) groups excluding carboxylic acids is 2. The monoisotopic (exact) mass is 329 g/mol. The van der Waals surface area contributed by atoms with Crippen molar-refractivity contribution in [3.63, 3.8) is 0 Å². The molecule has 4 nitrogen and oxygen atoms in total. The smallest absolute Gasteiger partial charge is 0.341 e. The number of hydrogen-bond donors (Lipinski definition) is 1. The number of hydrogen-bond acceptors (Lipinski definition) is 4. The Morgan fingerprint density at radius 2 is 2.04 bits per heavy atom. The van der Waals surface area contributed by atoms with Gasteiger partial charge in [0.1, 0.15) is 5.00 Å². The van der Waals surface area contributed by atoms with Crippen LogP contribution >= 0.6 is 11.3 Å². The quantitative estimate of drug-likeness (QED) is 0.734. The maximum absolute atomic E-state index is 12.4. The molecule has 3 rings (SSSR count). The minimum Gasteiger partial charge on any atom is -0.462 e. The molecule has 1 aliphatic rings. The molecule has 1 aromatic heterocycles. The number of anilines is 1. The van der Waals surface area contributed by atoms with Crippen molar-refractivity contribution in [2.45, 2.75) is 27.2 Å². The minimum atomic E-state index is -0.364. The van der Waals surface area contributed by atoms with Gasteiger partial charge in [-0.3, -0.25) is 4.79 Å². The summed E-state index contributed by atoms with van der Waals surface area (Å²) in [6.45, 7) is 5.76. The lowest BCUT2D eigenvalue weighted by molar-refractivity contribution is -0.118. The van der Waals surface area contributed by atoms with Crippen LogP contribution in [0.2, 0.25) is 0 Å². The van der Waals surface area contributed by atoms with Crippen molar-refractivity contribution in [1.29, 1.82) is 0 Å². The van der Waals surface area contributed by atoms with E-state index in [1.165, 1.54) is 16.9 Å². The summed E-state index contributed by atoms with van der Waals surface area (Å²) in [4.78, 5) is 25.5. The van der Waals surface area contributed by atoms with Crippen LogP contribution in [0.1, 0.15) is 42.3 Å². The van der Waals surface area contributed by atoms with Crippen LogP contribution in [0.5, 0.6) is 0 Å². The second-order valence-electron chi connectivity index (χ2n) is 5.81. The molecule has 1 aromatic carbocycles. The molecule has 0 bridgehead atoms. The number of benzene rings is 1. The molecule has 0 saturated carbocycles. The lowest BCUT2D eigenvalue weighted by atomic mass is 10.1. The Morgan fingerprint density at radius 1 is 1.30 bits per heavy atom. The Labute approximate surface area is 139 Å². The molecular weight excluding hydrogens is 310 g/mol. The van der Waals surface area contributed by atoms with Gasteiger partial charge in [-0.1, -0.05) is 38.1 Å². The summed E-state index contributed by atoms with van der Waals surface area (Å²) in [7, 11) is 0. The zero-order chi connectivity index (χ0) is 16.6. The largest absolute Gasteiger partial charge is 0.462 e. The molecule has 5 heteroatoms. The molecule has 23 heavy (non-hydrogen) atoms. The van der Waals surface area contributed by atoms with Gasteiger partial charge < -0.3 is 10.1 Å². The minimum absolute atomic E-state index is 0.0937. The second-order valence-corrected chi connectivity index (χ2v) is 6.83. The van der Waals surface area contributed by atoms with Gasteiger partial charge in [-0.15, -0.1) is 11.3 Å². The third-order valence-electron chi connectivity index (χ3n) is 3.88. The van der Waals surface area contributed by atoms with E-state index in [9.17, 15) is 9.59 Å². The average Bonchev–Trinajstić information content (AvgIpc) is 3.02. The summed E-state index contributed by atoms with van der Waals surface area (Å²) in [5.74, 6) is -0.602. The molecule has 1 aliphatic carbocycles. The molecule has 0 saturated heterocycles. The number of amides is 1. The standard InChI is InChI=1S/C18H19NO3S/c1-4-22-18(21)14-13-9-11-7-5-6-8-12(11)15(13)23-17(14)19-16(20)10(2)3/h5-8,10H,4,9H2,1-3H3,(H,19,20). The summed E-state index contributed by atoms with van der Waals surface area (Å²) < 4.78 is 5.21. The summed E-state index contributed by atoms with van der Waals surface area (Å²) in [6.07, 6.45) is 0.702. The Morgan fingerprint density at radius 3 is 2.74 bits per heavy atom. The zero-order valence-electron chi connectivity index (χ0n) is 13.4. The third kappa shape index (κ3) is 2.77. The normalized spacial score (nSPS) is 12.0. The molecule has 0 radical (unpaired) electrons. The van der Waals surface area contributed by atoms with E-state index in [4.69, 9.17) is 4.74 Å². The highest BCUT2D eigenvalue weighted by Crippen LogP contribution is 2.47. The topological polar surface area (TPSA) is 55.4 Å². The molecule has 120 valence electrons. The first kappa shape index (κ1) is 15.7. The van der Waals surface area contributed by atoms with E-state index in [0.29, 0.717) is 23.6 Å². The van der Waals surface area contributed by atoms with Crippen LogP contribution in [-0.4, -0.2) is 18.5 Å². The Kier molecular flexibility index (Phi) is 4.22. The van der Waals surface area contributed by atoms with Crippen LogP contribution < -0.4 is 5.32 Å². The molecule has 1 amide bonds. The molecular formula is C18H19NO3S. The lowest BCUT2D eigenvalue weighted by Crippen LogP contribution is -2.19. The van der Waals surface area contributed by atoms with Crippen molar-refractivity contribution in [2.24, 2.45) is 5.92 Å². The van der Waals surface area contributed by atoms with Crippen LogP contribution in [0.15, 0.2) is 24.3 Å². The van der Waals surface area contributed by atoms with Crippen LogP contribution in [0.25, 0.3) is 10.4 Å². The van der Waals surface area contributed by atoms with Crippen molar-refractivity contribution in [2.75, 3.05) is 11.9 Å². The van der Waals surface area contributed by atoms with Gasteiger partial charge in [-0.2, -0.15) is 0 Å². The SMILES string of the molecule is CCOC(=O)c1c(NC(=O)C(C)C)sc2c1Cc1ccccc1-2. The molecule has 0 fully saturated rings. The number of esters is 1. The maximum Gasteiger partial charge on any atom is 0.341 e. The van der Waals surface area contributed by atoms with Gasteiger partial charge in [-0.25, -0.2) is 4.79 Å². The fourth-order valence-corrected chi connectivity index (χ4v) is 3.97. The third-order valence-corrected chi connectivity index (χ3v) is 5.06. The predicted molar refractivity (Wildman–Crippen MR) is 92.0 cm³/mol. The van der Waals surface area contributed by atoms with E-state index in [0.717, 1.165) is 16.0 Å². The fourth-order valence-electron chi connectivity index (χ4n) is 2.70. The molecule has 2 aromatic rings. The van der Waals surface area contributed by atoms with Gasteiger partial charge in [0, 0.05) is 17.2 Å². The van der Waals surface area contributed by atoms with E-state index < -0.39 is 0 Å². The van der Waals surface area contributed by atoms with Crippen LogP contribution in [-0.2, 0) is 16.0 Å². The zero-order valence-corrected chi connectivity index (χ0v) is 14.3. The van der Waals surface area contributed by atoms with E-state index in [-0.39, 0.29) is 17.8 Å². The number of fused-ring (bicyclic) bond motifs is 3. The van der Waals surface area contributed by atoms with Crippen LogP contribution in [0.4, 0.5) is 5.00 Å². The molecule has 0 unspecified atom stereocenters. The van der Waals surface area contributed by atoms with Crippen molar-refractivity contribution in [1.82, 2.24) is 0 Å². The number of thiophene rings is 1. The van der Waals surface area contributed by atoms with Gasteiger partial charge in [-0.05, 0) is 23.6 Å². The fraction of sp³-hybridized carbons (Fsp3) is 0.333. The summed E-state index contributed by atoms with van der Waals surface area (Å²) in [5, 5.41) is 3.49. The number of ether oxygens (including phenoxy) is 1.